The van der Waals surface area contributed by atoms with Crippen LogP contribution in [0, 0.1) is 6.92 Å². The Bertz CT molecular complexity index is 1020. The molecule has 1 aliphatic heterocycles. The van der Waals surface area contributed by atoms with E-state index in [1.54, 1.807) is 18.2 Å². The summed E-state index contributed by atoms with van der Waals surface area (Å²) < 4.78 is 32.8. The van der Waals surface area contributed by atoms with Crippen LogP contribution in [0.5, 0.6) is 5.75 Å². The maximum absolute atomic E-state index is 13.0. The lowest BCUT2D eigenvalue weighted by molar-refractivity contribution is 0.102. The van der Waals surface area contributed by atoms with Crippen LogP contribution < -0.4 is 10.1 Å². The van der Waals surface area contributed by atoms with Gasteiger partial charge in [0.15, 0.2) is 0 Å². The average molecular weight is 438 g/mol. The van der Waals surface area contributed by atoms with Crippen LogP contribution >= 0.6 is 11.6 Å². The van der Waals surface area contributed by atoms with Gasteiger partial charge in [0.1, 0.15) is 5.75 Å². The topological polar surface area (TPSA) is 79.0 Å². The molecule has 1 amide bonds. The molecule has 2 aromatic rings. The maximum atomic E-state index is 13.0. The first-order chi connectivity index (χ1) is 13.7. The van der Waals surface area contributed by atoms with Gasteiger partial charge in [-0.2, -0.15) is 4.31 Å². The maximum Gasteiger partial charge on any atom is 0.259 e. The molecule has 0 bridgehead atoms. The van der Waals surface area contributed by atoms with Crippen LogP contribution in [-0.4, -0.2) is 63.9 Å². The van der Waals surface area contributed by atoms with Crippen molar-refractivity contribution in [2.45, 2.75) is 11.8 Å². The number of piperazine rings is 1. The van der Waals surface area contributed by atoms with Crippen molar-refractivity contribution >= 4 is 33.2 Å². The lowest BCUT2D eigenvalue weighted by atomic mass is 10.1. The summed E-state index contributed by atoms with van der Waals surface area (Å²) >= 11 is 6.12. The summed E-state index contributed by atoms with van der Waals surface area (Å²) in [6.07, 6.45) is 0. The third-order valence-electron chi connectivity index (χ3n) is 4.95. The summed E-state index contributed by atoms with van der Waals surface area (Å²) in [7, 11) is -0.312. The number of aryl methyl sites for hydroxylation is 1. The van der Waals surface area contributed by atoms with Crippen molar-refractivity contribution in [1.29, 1.82) is 0 Å². The number of likely N-dealkylation sites (N-methyl/N-ethyl adjacent to an activating group) is 1. The fraction of sp³-hybridized carbons (Fsp3) is 0.350. The Morgan fingerprint density at radius 3 is 2.41 bits per heavy atom. The van der Waals surface area contributed by atoms with Gasteiger partial charge < -0.3 is 15.0 Å². The molecule has 0 aliphatic carbocycles. The number of sulfonamides is 1. The van der Waals surface area contributed by atoms with Crippen LogP contribution in [0.2, 0.25) is 5.02 Å². The molecule has 29 heavy (non-hydrogen) atoms. The van der Waals surface area contributed by atoms with Crippen LogP contribution in [0.15, 0.2) is 41.3 Å². The predicted octanol–water partition coefficient (Wildman–Crippen LogP) is 2.85. The molecule has 0 radical (unpaired) electrons. The van der Waals surface area contributed by atoms with Crippen LogP contribution in [0.4, 0.5) is 5.69 Å². The minimum atomic E-state index is -3.70. The van der Waals surface area contributed by atoms with Gasteiger partial charge in [-0.05, 0) is 49.9 Å². The molecular weight excluding hydrogens is 414 g/mol. The second kappa shape index (κ2) is 8.71. The van der Waals surface area contributed by atoms with Crippen molar-refractivity contribution in [1.82, 2.24) is 9.21 Å². The van der Waals surface area contributed by atoms with Gasteiger partial charge >= 0.3 is 0 Å². The van der Waals surface area contributed by atoms with E-state index < -0.39 is 15.9 Å². The summed E-state index contributed by atoms with van der Waals surface area (Å²) in [6, 6.07) is 9.50. The number of methoxy groups -OCH3 is 1. The summed E-state index contributed by atoms with van der Waals surface area (Å²) in [4.78, 5) is 15.0. The number of nitrogens with one attached hydrogen (secondary N) is 1. The Labute approximate surface area is 176 Å². The lowest BCUT2D eigenvalue weighted by Gasteiger charge is -2.31. The van der Waals surface area contributed by atoms with Crippen LogP contribution in [0.25, 0.3) is 0 Å². The summed E-state index contributed by atoms with van der Waals surface area (Å²) in [5, 5.41) is 3.28. The van der Waals surface area contributed by atoms with Crippen molar-refractivity contribution in [3.05, 3.63) is 52.5 Å². The van der Waals surface area contributed by atoms with Gasteiger partial charge in [0, 0.05) is 36.9 Å². The zero-order valence-corrected chi connectivity index (χ0v) is 18.2. The van der Waals surface area contributed by atoms with Crippen LogP contribution in [0.3, 0.4) is 0 Å². The van der Waals surface area contributed by atoms with Gasteiger partial charge in [-0.25, -0.2) is 8.42 Å². The zero-order chi connectivity index (χ0) is 21.2. The highest BCUT2D eigenvalue weighted by Gasteiger charge is 2.29. The van der Waals surface area contributed by atoms with E-state index in [0.29, 0.717) is 36.9 Å². The molecule has 0 aromatic heterocycles. The van der Waals surface area contributed by atoms with Crippen LogP contribution in [-0.2, 0) is 10.0 Å². The van der Waals surface area contributed by atoms with Crippen molar-refractivity contribution < 1.29 is 17.9 Å². The largest absolute Gasteiger partial charge is 0.496 e. The summed E-state index contributed by atoms with van der Waals surface area (Å²) in [6.45, 7) is 4.01. The van der Waals surface area contributed by atoms with E-state index in [1.165, 1.54) is 29.6 Å². The first-order valence-electron chi connectivity index (χ1n) is 9.16. The second-order valence-electron chi connectivity index (χ2n) is 6.99. The molecule has 7 nitrogen and oxygen atoms in total. The molecule has 9 heteroatoms. The number of carbonyl (C=O) groups excluding carboxylic acids is 1. The minimum absolute atomic E-state index is 0.0648. The third kappa shape index (κ3) is 4.72. The van der Waals surface area contributed by atoms with Gasteiger partial charge in [-0.15, -0.1) is 0 Å². The van der Waals surface area contributed by atoms with Crippen LogP contribution in [0.1, 0.15) is 15.9 Å². The number of anilines is 1. The Morgan fingerprint density at radius 2 is 1.79 bits per heavy atom. The smallest absolute Gasteiger partial charge is 0.259 e. The van der Waals surface area contributed by atoms with E-state index in [1.807, 2.05) is 14.0 Å². The summed E-state index contributed by atoms with van der Waals surface area (Å²) in [5.74, 6) is -0.185. The third-order valence-corrected chi connectivity index (χ3v) is 7.25. The number of hydrogen-bond acceptors (Lipinski definition) is 5. The van der Waals surface area contributed by atoms with E-state index in [9.17, 15) is 13.2 Å². The number of ether oxygens (including phenoxy) is 1. The molecule has 3 rings (SSSR count). The molecule has 0 saturated carbocycles. The number of benzene rings is 2. The molecule has 1 N–H and O–H groups in total. The van der Waals surface area contributed by atoms with Crippen molar-refractivity contribution in [3.8, 4) is 5.75 Å². The molecule has 1 saturated heterocycles. The summed E-state index contributed by atoms with van der Waals surface area (Å²) in [5.41, 5.74) is 1.54. The fourth-order valence-electron chi connectivity index (χ4n) is 3.07. The van der Waals surface area contributed by atoms with Gasteiger partial charge in [-0.3, -0.25) is 4.79 Å². The van der Waals surface area contributed by atoms with E-state index >= 15 is 0 Å². The highest BCUT2D eigenvalue weighted by molar-refractivity contribution is 7.89. The van der Waals surface area contributed by atoms with E-state index in [2.05, 4.69) is 10.2 Å². The van der Waals surface area contributed by atoms with E-state index in [0.717, 1.165) is 5.56 Å². The molecule has 0 spiro atoms. The highest BCUT2D eigenvalue weighted by Crippen LogP contribution is 2.27. The minimum Gasteiger partial charge on any atom is -0.496 e. The molecule has 1 heterocycles. The molecule has 0 unspecified atom stereocenters. The molecule has 156 valence electrons. The first-order valence-corrected chi connectivity index (χ1v) is 11.0. The number of amides is 1. The van der Waals surface area contributed by atoms with Gasteiger partial charge in [0.05, 0.1) is 17.6 Å². The highest BCUT2D eigenvalue weighted by atomic mass is 35.5. The quantitative estimate of drug-likeness (QED) is 0.778. The van der Waals surface area contributed by atoms with Crippen molar-refractivity contribution in [2.24, 2.45) is 0 Å². The lowest BCUT2D eigenvalue weighted by Crippen LogP contribution is -2.47. The first kappa shape index (κ1) is 21.6. The molecule has 2 aromatic carbocycles. The van der Waals surface area contributed by atoms with E-state index in [-0.39, 0.29) is 16.2 Å². The van der Waals surface area contributed by atoms with Crippen molar-refractivity contribution in [2.75, 3.05) is 45.7 Å². The molecule has 1 aliphatic rings. The number of rotatable bonds is 5. The number of halogens is 1. The van der Waals surface area contributed by atoms with Gasteiger partial charge in [0.2, 0.25) is 10.0 Å². The Kier molecular flexibility index (Phi) is 6.48. The normalized spacial score (nSPS) is 15.9. The molecule has 1 fully saturated rings. The van der Waals surface area contributed by atoms with Crippen molar-refractivity contribution in [3.63, 3.8) is 0 Å². The average Bonchev–Trinajstić information content (AvgIpc) is 2.70. The Morgan fingerprint density at radius 1 is 1.10 bits per heavy atom. The zero-order valence-electron chi connectivity index (χ0n) is 16.6. The number of carbonyl (C=O) groups is 1. The Balaban J connectivity index is 1.90. The van der Waals surface area contributed by atoms with E-state index in [4.69, 9.17) is 16.3 Å². The van der Waals surface area contributed by atoms with Gasteiger partial charge in [0.25, 0.3) is 5.91 Å². The monoisotopic (exact) mass is 437 g/mol. The Hall–Kier alpha value is -2.13. The molecular formula is C20H24ClN3O4S. The second-order valence-corrected chi connectivity index (χ2v) is 9.33. The number of hydrogen-bond donors (Lipinski definition) is 1. The van der Waals surface area contributed by atoms with Gasteiger partial charge in [-0.1, -0.05) is 17.7 Å². The predicted molar refractivity (Wildman–Crippen MR) is 113 cm³/mol. The molecule has 0 atom stereocenters. The SMILES string of the molecule is COc1ccc(S(=O)(=O)N2CCN(C)CC2)cc1C(=O)Nc1ccc(C)c(Cl)c1. The standard InChI is InChI=1S/C20H24ClN3O4S/c1-14-4-5-15(12-18(14)21)22-20(25)17-13-16(6-7-19(17)28-3)29(26,27)24-10-8-23(2)9-11-24/h4-7,12-13H,8-11H2,1-3H3,(H,22,25). The number of nitrogens with zero attached hydrogens (tertiary/aromatic N) is 2. The fourth-order valence-corrected chi connectivity index (χ4v) is 4.70.